The molecule has 0 spiro atoms. The lowest BCUT2D eigenvalue weighted by Crippen LogP contribution is -2.36. The number of anilines is 1. The number of hydrogen-bond donors (Lipinski definition) is 3. The first-order valence-electron chi connectivity index (χ1n) is 6.24. The Hall–Kier alpha value is -1.33. The van der Waals surface area contributed by atoms with Gasteiger partial charge in [-0.2, -0.15) is 0 Å². The van der Waals surface area contributed by atoms with Gasteiger partial charge in [-0.15, -0.1) is 0 Å². The van der Waals surface area contributed by atoms with Crippen molar-refractivity contribution in [3.8, 4) is 0 Å². The van der Waals surface area contributed by atoms with Gasteiger partial charge in [0.2, 0.25) is 5.91 Å². The van der Waals surface area contributed by atoms with Crippen LogP contribution in [-0.2, 0) is 4.79 Å². The van der Waals surface area contributed by atoms with Crippen LogP contribution in [0.5, 0.6) is 0 Å². The first kappa shape index (κ1) is 15.7. The van der Waals surface area contributed by atoms with Gasteiger partial charge in [-0.25, -0.2) is 4.39 Å². The number of benzene rings is 1. The van der Waals surface area contributed by atoms with Crippen LogP contribution in [0.3, 0.4) is 0 Å². The van der Waals surface area contributed by atoms with E-state index in [9.17, 15) is 9.18 Å². The average Bonchev–Trinajstić information content (AvgIpc) is 2.34. The van der Waals surface area contributed by atoms with Crippen molar-refractivity contribution in [3.63, 3.8) is 0 Å². The van der Waals surface area contributed by atoms with Gasteiger partial charge in [0.05, 0.1) is 0 Å². The second-order valence-corrected chi connectivity index (χ2v) is 4.73. The summed E-state index contributed by atoms with van der Waals surface area (Å²) in [4.78, 5) is 11.6. The first-order valence-corrected chi connectivity index (χ1v) is 6.62. The number of nitrogens with two attached hydrogens (primary N) is 1. The molecule has 1 amide bonds. The predicted octanol–water partition coefficient (Wildman–Crippen LogP) is 2.13. The molecule has 19 heavy (non-hydrogen) atoms. The maximum atomic E-state index is 13.2. The molecule has 1 rings (SSSR count). The molecule has 0 radical (unpaired) electrons. The van der Waals surface area contributed by atoms with E-state index in [-0.39, 0.29) is 24.9 Å². The number of hydrogen-bond acceptors (Lipinski definition) is 3. The average molecular weight is 288 g/mol. The van der Waals surface area contributed by atoms with E-state index in [4.69, 9.17) is 17.3 Å². The Labute approximate surface area is 117 Å². The van der Waals surface area contributed by atoms with E-state index in [1.165, 1.54) is 12.1 Å². The molecule has 4 N–H and O–H groups in total. The van der Waals surface area contributed by atoms with Gasteiger partial charge in [-0.3, -0.25) is 4.79 Å². The minimum atomic E-state index is -0.429. The zero-order chi connectivity index (χ0) is 14.3. The molecule has 0 aromatic heterocycles. The van der Waals surface area contributed by atoms with Crippen LogP contribution in [0.4, 0.5) is 10.1 Å². The van der Waals surface area contributed by atoms with Gasteiger partial charge in [0, 0.05) is 36.3 Å². The quantitative estimate of drug-likeness (QED) is 0.720. The van der Waals surface area contributed by atoms with Gasteiger partial charge in [0.15, 0.2) is 0 Å². The highest BCUT2D eigenvalue weighted by Crippen LogP contribution is 2.19. The summed E-state index contributed by atoms with van der Waals surface area (Å²) in [6.45, 7) is 2.89. The number of halogens is 2. The first-order chi connectivity index (χ1) is 9.05. The number of carbonyl (C=O) groups excluding carboxylic acids is 1. The van der Waals surface area contributed by atoms with Crippen LogP contribution in [0.25, 0.3) is 0 Å². The Kier molecular flexibility index (Phi) is 6.59. The van der Waals surface area contributed by atoms with Gasteiger partial charge >= 0.3 is 0 Å². The molecule has 0 aliphatic carbocycles. The molecule has 6 heteroatoms. The summed E-state index contributed by atoms with van der Waals surface area (Å²) in [7, 11) is 0. The third-order valence-corrected chi connectivity index (χ3v) is 2.74. The highest BCUT2D eigenvalue weighted by Gasteiger charge is 2.12. The van der Waals surface area contributed by atoms with E-state index < -0.39 is 5.82 Å². The molecule has 4 nitrogen and oxygen atoms in total. The topological polar surface area (TPSA) is 67.2 Å². The Morgan fingerprint density at radius 2 is 2.21 bits per heavy atom. The number of rotatable bonds is 7. The van der Waals surface area contributed by atoms with Gasteiger partial charge in [-0.05, 0) is 24.6 Å². The number of carbonyl (C=O) groups is 1. The van der Waals surface area contributed by atoms with Crippen molar-refractivity contribution in [1.29, 1.82) is 0 Å². The molecular formula is C13H19ClFN3O. The Bertz CT molecular complexity index is 408. The van der Waals surface area contributed by atoms with Crippen LogP contribution in [0.15, 0.2) is 18.2 Å². The van der Waals surface area contributed by atoms with E-state index in [2.05, 4.69) is 10.6 Å². The Balaban J connectivity index is 2.58. The van der Waals surface area contributed by atoms with Gasteiger partial charge < -0.3 is 16.4 Å². The van der Waals surface area contributed by atoms with Gasteiger partial charge in [0.1, 0.15) is 5.82 Å². The van der Waals surface area contributed by atoms with E-state index in [0.29, 0.717) is 17.3 Å². The Morgan fingerprint density at radius 1 is 1.47 bits per heavy atom. The lowest BCUT2D eigenvalue weighted by atomic mass is 10.1. The smallest absolute Gasteiger partial charge is 0.222 e. The lowest BCUT2D eigenvalue weighted by Gasteiger charge is -2.18. The SMILES string of the molecule is CCCNC(=O)CC(CN)Nc1cc(F)cc(Cl)c1. The maximum absolute atomic E-state index is 13.2. The van der Waals surface area contributed by atoms with Crippen LogP contribution in [0, 0.1) is 5.82 Å². The van der Waals surface area contributed by atoms with Crippen LogP contribution >= 0.6 is 11.6 Å². The van der Waals surface area contributed by atoms with Gasteiger partial charge in [-0.1, -0.05) is 18.5 Å². The van der Waals surface area contributed by atoms with Crippen molar-refractivity contribution in [3.05, 3.63) is 29.0 Å². The molecule has 0 aliphatic rings. The highest BCUT2D eigenvalue weighted by molar-refractivity contribution is 6.30. The van der Waals surface area contributed by atoms with E-state index in [0.717, 1.165) is 6.42 Å². The molecule has 1 aromatic rings. The van der Waals surface area contributed by atoms with Crippen molar-refractivity contribution in [2.24, 2.45) is 5.73 Å². The molecule has 1 unspecified atom stereocenters. The zero-order valence-corrected chi connectivity index (χ0v) is 11.6. The van der Waals surface area contributed by atoms with Crippen molar-refractivity contribution in [2.75, 3.05) is 18.4 Å². The molecular weight excluding hydrogens is 269 g/mol. The van der Waals surface area contributed by atoms with Crippen molar-refractivity contribution in [2.45, 2.75) is 25.8 Å². The van der Waals surface area contributed by atoms with Crippen LogP contribution < -0.4 is 16.4 Å². The van der Waals surface area contributed by atoms with Gasteiger partial charge in [0.25, 0.3) is 0 Å². The Morgan fingerprint density at radius 3 is 2.79 bits per heavy atom. The van der Waals surface area contributed by atoms with Crippen molar-refractivity contribution >= 4 is 23.2 Å². The predicted molar refractivity (Wildman–Crippen MR) is 75.8 cm³/mol. The molecule has 0 saturated carbocycles. The van der Waals surface area contributed by atoms with Crippen molar-refractivity contribution < 1.29 is 9.18 Å². The third kappa shape index (κ3) is 5.89. The number of nitrogens with one attached hydrogen (secondary N) is 2. The van der Waals surface area contributed by atoms with E-state index >= 15 is 0 Å². The summed E-state index contributed by atoms with van der Waals surface area (Å²) in [6, 6.07) is 3.88. The molecule has 0 aliphatic heterocycles. The summed E-state index contributed by atoms with van der Waals surface area (Å²) in [6.07, 6.45) is 1.12. The number of amides is 1. The molecule has 1 aromatic carbocycles. The van der Waals surface area contributed by atoms with Crippen molar-refractivity contribution in [1.82, 2.24) is 5.32 Å². The largest absolute Gasteiger partial charge is 0.380 e. The zero-order valence-electron chi connectivity index (χ0n) is 10.9. The lowest BCUT2D eigenvalue weighted by molar-refractivity contribution is -0.121. The minimum absolute atomic E-state index is 0.0766. The minimum Gasteiger partial charge on any atom is -0.380 e. The molecule has 106 valence electrons. The second-order valence-electron chi connectivity index (χ2n) is 4.29. The monoisotopic (exact) mass is 287 g/mol. The molecule has 0 bridgehead atoms. The maximum Gasteiger partial charge on any atom is 0.222 e. The molecule has 0 saturated heterocycles. The third-order valence-electron chi connectivity index (χ3n) is 2.52. The van der Waals surface area contributed by atoms with Crippen LogP contribution in [-0.4, -0.2) is 25.0 Å². The van der Waals surface area contributed by atoms with E-state index in [1.807, 2.05) is 6.92 Å². The fourth-order valence-corrected chi connectivity index (χ4v) is 1.85. The summed E-state index contributed by atoms with van der Waals surface area (Å²) >= 11 is 5.76. The summed E-state index contributed by atoms with van der Waals surface area (Å²) in [5.74, 6) is -0.506. The molecule has 1 atom stereocenters. The van der Waals surface area contributed by atoms with E-state index in [1.54, 1.807) is 6.07 Å². The summed E-state index contributed by atoms with van der Waals surface area (Å²) < 4.78 is 13.2. The van der Waals surface area contributed by atoms with Crippen LogP contribution in [0.2, 0.25) is 5.02 Å². The second kappa shape index (κ2) is 7.96. The summed E-state index contributed by atoms with van der Waals surface area (Å²) in [5.41, 5.74) is 6.12. The normalized spacial score (nSPS) is 12.0. The standard InChI is InChI=1S/C13H19ClFN3O/c1-2-3-17-13(19)7-12(8-16)18-11-5-9(14)4-10(15)6-11/h4-6,12,18H,2-3,7-8,16H2,1H3,(H,17,19). The van der Waals surface area contributed by atoms with Crippen LogP contribution in [0.1, 0.15) is 19.8 Å². The fourth-order valence-electron chi connectivity index (χ4n) is 1.63. The molecule has 0 fully saturated rings. The summed E-state index contributed by atoms with van der Waals surface area (Å²) in [5, 5.41) is 6.08. The highest BCUT2D eigenvalue weighted by atomic mass is 35.5. The molecule has 0 heterocycles. The fraction of sp³-hybridized carbons (Fsp3) is 0.462.